The highest BCUT2D eigenvalue weighted by Gasteiger charge is 2.03. The van der Waals surface area contributed by atoms with Crippen molar-refractivity contribution in [1.29, 1.82) is 0 Å². The molecular weight excluding hydrogens is 240 g/mol. The maximum Gasteiger partial charge on any atom is 0.190 e. The summed E-state index contributed by atoms with van der Waals surface area (Å²) in [5.41, 5.74) is 3.64. The molecule has 0 N–H and O–H groups in total. The number of aromatic nitrogens is 1. The normalized spacial score (nSPS) is 11.8. The van der Waals surface area contributed by atoms with Crippen molar-refractivity contribution in [2.75, 3.05) is 0 Å². The van der Waals surface area contributed by atoms with E-state index in [9.17, 15) is 0 Å². The molecule has 2 nitrogen and oxygen atoms in total. The molecule has 0 aliphatic heterocycles. The van der Waals surface area contributed by atoms with Crippen LogP contribution in [0.2, 0.25) is 0 Å². The molecule has 3 heteroatoms. The van der Waals surface area contributed by atoms with Gasteiger partial charge in [0.25, 0.3) is 0 Å². The molecule has 2 rings (SSSR count). The van der Waals surface area contributed by atoms with Crippen LogP contribution in [0.1, 0.15) is 18.1 Å². The Hall–Kier alpha value is -1.61. The summed E-state index contributed by atoms with van der Waals surface area (Å²) in [5, 5.41) is 2.06. The minimum Gasteiger partial charge on any atom is -0.320 e. The van der Waals surface area contributed by atoms with E-state index < -0.39 is 0 Å². The molecule has 0 saturated carbocycles. The molecule has 94 valence electrons. The quantitative estimate of drug-likeness (QED) is 0.741. The van der Waals surface area contributed by atoms with Gasteiger partial charge < -0.3 is 4.57 Å². The van der Waals surface area contributed by atoms with Gasteiger partial charge in [0.2, 0.25) is 0 Å². The molecule has 0 bridgehead atoms. The van der Waals surface area contributed by atoms with Crippen LogP contribution in [0.3, 0.4) is 0 Å². The zero-order valence-corrected chi connectivity index (χ0v) is 11.7. The van der Waals surface area contributed by atoms with Gasteiger partial charge in [-0.1, -0.05) is 31.2 Å². The van der Waals surface area contributed by atoms with Crippen LogP contribution in [0.25, 0.3) is 0 Å². The first-order valence-electron chi connectivity index (χ1n) is 6.14. The van der Waals surface area contributed by atoms with Crippen LogP contribution < -0.4 is 4.80 Å². The standard InChI is InChI=1S/C15H18N2S/c1-4-9-17-10-11-18-15(17)16-14-12(3)7-6-8-13(14)5-2/h4,6-8,10-11H,1,5,9H2,2-3H3. The summed E-state index contributed by atoms with van der Waals surface area (Å²) in [5.74, 6) is 0. The highest BCUT2D eigenvalue weighted by atomic mass is 32.1. The van der Waals surface area contributed by atoms with Gasteiger partial charge in [0.1, 0.15) is 0 Å². The largest absolute Gasteiger partial charge is 0.320 e. The number of thiazole rings is 1. The third kappa shape index (κ3) is 2.62. The average Bonchev–Trinajstić information content (AvgIpc) is 2.80. The molecule has 0 spiro atoms. The average molecular weight is 258 g/mol. The van der Waals surface area contributed by atoms with Crippen molar-refractivity contribution in [2.45, 2.75) is 26.8 Å². The molecule has 1 aromatic heterocycles. The Morgan fingerprint density at radius 1 is 1.44 bits per heavy atom. The predicted octanol–water partition coefficient (Wildman–Crippen LogP) is 3.84. The first-order chi connectivity index (χ1) is 8.76. The van der Waals surface area contributed by atoms with Gasteiger partial charge in [0.15, 0.2) is 4.80 Å². The van der Waals surface area contributed by atoms with E-state index in [4.69, 9.17) is 4.99 Å². The van der Waals surface area contributed by atoms with E-state index in [1.54, 1.807) is 11.3 Å². The first-order valence-corrected chi connectivity index (χ1v) is 7.02. The van der Waals surface area contributed by atoms with Crippen molar-refractivity contribution in [3.63, 3.8) is 0 Å². The van der Waals surface area contributed by atoms with E-state index >= 15 is 0 Å². The third-order valence-electron chi connectivity index (χ3n) is 2.90. The van der Waals surface area contributed by atoms with E-state index in [1.807, 2.05) is 6.08 Å². The maximum atomic E-state index is 4.82. The predicted molar refractivity (Wildman–Crippen MR) is 78.3 cm³/mol. The highest BCUT2D eigenvalue weighted by molar-refractivity contribution is 7.07. The fraction of sp³-hybridized carbons (Fsp3) is 0.267. The zero-order chi connectivity index (χ0) is 13.0. The molecule has 18 heavy (non-hydrogen) atoms. The number of allylic oxidation sites excluding steroid dienone is 1. The van der Waals surface area contributed by atoms with Crippen molar-refractivity contribution in [3.8, 4) is 0 Å². The third-order valence-corrected chi connectivity index (χ3v) is 3.69. The van der Waals surface area contributed by atoms with Crippen LogP contribution in [0.5, 0.6) is 0 Å². The van der Waals surface area contributed by atoms with Crippen molar-refractivity contribution in [1.82, 2.24) is 4.57 Å². The van der Waals surface area contributed by atoms with E-state index in [2.05, 4.69) is 54.8 Å². The number of para-hydroxylation sites is 1. The van der Waals surface area contributed by atoms with Gasteiger partial charge in [-0.15, -0.1) is 17.9 Å². The van der Waals surface area contributed by atoms with Gasteiger partial charge in [0.05, 0.1) is 5.69 Å². The van der Waals surface area contributed by atoms with Gasteiger partial charge in [-0.05, 0) is 24.5 Å². The molecule has 2 aromatic rings. The first kappa shape index (κ1) is 12.8. The van der Waals surface area contributed by atoms with Gasteiger partial charge >= 0.3 is 0 Å². The van der Waals surface area contributed by atoms with Crippen molar-refractivity contribution >= 4 is 17.0 Å². The van der Waals surface area contributed by atoms with Gasteiger partial charge in [-0.2, -0.15) is 0 Å². The summed E-state index contributed by atoms with van der Waals surface area (Å²) in [4.78, 5) is 5.85. The van der Waals surface area contributed by atoms with Crippen LogP contribution in [-0.4, -0.2) is 4.57 Å². The second-order valence-electron chi connectivity index (χ2n) is 4.17. The SMILES string of the molecule is C=CCn1ccsc1=Nc1c(C)cccc1CC. The lowest BCUT2D eigenvalue weighted by Gasteiger charge is -2.06. The molecule has 0 atom stereocenters. The second-order valence-corrected chi connectivity index (χ2v) is 5.05. The summed E-state index contributed by atoms with van der Waals surface area (Å²) in [6.45, 7) is 8.86. The number of benzene rings is 1. The Morgan fingerprint density at radius 2 is 2.28 bits per heavy atom. The van der Waals surface area contributed by atoms with Crippen LogP contribution in [0.15, 0.2) is 47.4 Å². The summed E-state index contributed by atoms with van der Waals surface area (Å²) in [6.07, 6.45) is 4.95. The summed E-state index contributed by atoms with van der Waals surface area (Å²) in [6, 6.07) is 6.36. The van der Waals surface area contributed by atoms with Crippen LogP contribution in [0.4, 0.5) is 5.69 Å². The van der Waals surface area contributed by atoms with Gasteiger partial charge in [-0.25, -0.2) is 4.99 Å². The summed E-state index contributed by atoms with van der Waals surface area (Å²) in [7, 11) is 0. The molecule has 0 fully saturated rings. The molecule has 0 saturated heterocycles. The lowest BCUT2D eigenvalue weighted by atomic mass is 10.1. The minimum absolute atomic E-state index is 0.801. The van der Waals surface area contributed by atoms with Gasteiger partial charge in [-0.3, -0.25) is 0 Å². The molecule has 0 amide bonds. The smallest absolute Gasteiger partial charge is 0.190 e. The maximum absolute atomic E-state index is 4.82. The monoisotopic (exact) mass is 258 g/mol. The Bertz CT molecular complexity index is 605. The van der Waals surface area contributed by atoms with E-state index in [0.29, 0.717) is 0 Å². The molecular formula is C15H18N2S. The van der Waals surface area contributed by atoms with Crippen LogP contribution >= 0.6 is 11.3 Å². The zero-order valence-electron chi connectivity index (χ0n) is 10.9. The van der Waals surface area contributed by atoms with Crippen molar-refractivity contribution in [2.24, 2.45) is 4.99 Å². The topological polar surface area (TPSA) is 17.3 Å². The van der Waals surface area contributed by atoms with Crippen LogP contribution in [-0.2, 0) is 13.0 Å². The lowest BCUT2D eigenvalue weighted by Crippen LogP contribution is -2.12. The molecule has 0 aliphatic rings. The molecule has 0 unspecified atom stereocenters. The van der Waals surface area contributed by atoms with Crippen molar-refractivity contribution in [3.05, 3.63) is 58.4 Å². The van der Waals surface area contributed by atoms with E-state index in [0.717, 1.165) is 23.5 Å². The number of hydrogen-bond acceptors (Lipinski definition) is 2. The number of hydrogen-bond donors (Lipinski definition) is 0. The molecule has 1 heterocycles. The summed E-state index contributed by atoms with van der Waals surface area (Å²) >= 11 is 1.66. The number of rotatable bonds is 4. The molecule has 0 radical (unpaired) electrons. The van der Waals surface area contributed by atoms with E-state index in [-0.39, 0.29) is 0 Å². The lowest BCUT2D eigenvalue weighted by molar-refractivity contribution is 0.791. The number of nitrogens with zero attached hydrogens (tertiary/aromatic N) is 2. The van der Waals surface area contributed by atoms with Crippen LogP contribution in [0, 0.1) is 6.92 Å². The summed E-state index contributed by atoms with van der Waals surface area (Å²) < 4.78 is 2.11. The fourth-order valence-electron chi connectivity index (χ4n) is 1.93. The van der Waals surface area contributed by atoms with E-state index in [1.165, 1.54) is 11.1 Å². The number of aryl methyl sites for hydroxylation is 2. The molecule has 0 aliphatic carbocycles. The molecule has 1 aromatic carbocycles. The minimum atomic E-state index is 0.801. The second kappa shape index (κ2) is 5.83. The Balaban J connectivity index is 2.56. The Morgan fingerprint density at radius 3 is 3.00 bits per heavy atom. The van der Waals surface area contributed by atoms with Crippen molar-refractivity contribution < 1.29 is 0 Å². The van der Waals surface area contributed by atoms with Gasteiger partial charge in [0, 0.05) is 18.1 Å². The Labute approximate surface area is 112 Å². The fourth-order valence-corrected chi connectivity index (χ4v) is 2.67. The highest BCUT2D eigenvalue weighted by Crippen LogP contribution is 2.23. The Kier molecular flexibility index (Phi) is 4.15.